The second-order valence-electron chi connectivity index (χ2n) is 4.47. The molecule has 17 heavy (non-hydrogen) atoms. The normalized spacial score (nSPS) is 11.1. The Hall–Kier alpha value is -2.28. The molecule has 0 spiro atoms. The monoisotopic (exact) mass is 226 g/mol. The van der Waals surface area contributed by atoms with Crippen molar-refractivity contribution < 1.29 is 0 Å². The van der Waals surface area contributed by atoms with E-state index in [0.717, 1.165) is 5.56 Å². The number of hydrogen-bond donors (Lipinski definition) is 1. The Morgan fingerprint density at radius 1 is 1.41 bits per heavy atom. The maximum Gasteiger partial charge on any atom is 0.0991 e. The first kappa shape index (κ1) is 11.2. The smallest absolute Gasteiger partial charge is 0.0991 e. The molecule has 0 radical (unpaired) electrons. The van der Waals surface area contributed by atoms with Gasteiger partial charge in [-0.15, -0.1) is 0 Å². The molecule has 0 atom stereocenters. The van der Waals surface area contributed by atoms with Crippen LogP contribution >= 0.6 is 0 Å². The van der Waals surface area contributed by atoms with Crippen molar-refractivity contribution in [1.82, 2.24) is 9.78 Å². The zero-order chi connectivity index (χ0) is 12.5. The van der Waals surface area contributed by atoms with Crippen LogP contribution in [0.2, 0.25) is 0 Å². The molecule has 0 saturated heterocycles. The molecular weight excluding hydrogens is 212 g/mol. The van der Waals surface area contributed by atoms with Crippen molar-refractivity contribution >= 4 is 5.69 Å². The van der Waals surface area contributed by atoms with E-state index in [1.54, 1.807) is 23.1 Å². The van der Waals surface area contributed by atoms with Gasteiger partial charge >= 0.3 is 0 Å². The third kappa shape index (κ3) is 2.00. The Labute approximate surface area is 100 Å². The van der Waals surface area contributed by atoms with Crippen molar-refractivity contribution in [3.63, 3.8) is 0 Å². The van der Waals surface area contributed by atoms with Crippen LogP contribution in [0.4, 0.5) is 5.69 Å². The van der Waals surface area contributed by atoms with Crippen LogP contribution in [0.1, 0.15) is 25.0 Å². The van der Waals surface area contributed by atoms with Gasteiger partial charge in [-0.25, -0.2) is 0 Å². The van der Waals surface area contributed by atoms with Crippen LogP contribution in [0.5, 0.6) is 0 Å². The molecule has 0 unspecified atom stereocenters. The van der Waals surface area contributed by atoms with Crippen molar-refractivity contribution in [3.05, 3.63) is 47.8 Å². The van der Waals surface area contributed by atoms with Gasteiger partial charge in [-0.1, -0.05) is 12.1 Å². The van der Waals surface area contributed by atoms with Gasteiger partial charge in [0.25, 0.3) is 0 Å². The standard InChI is InChI=1S/C13H14N4/c1-13(2,17-9-12(15)8-16-17)11-5-3-4-10(6-11)7-14/h3-6,8-9H,15H2,1-2H3. The lowest BCUT2D eigenvalue weighted by Crippen LogP contribution is -2.28. The Kier molecular flexibility index (Phi) is 2.60. The van der Waals surface area contributed by atoms with Crippen LogP contribution in [0.25, 0.3) is 0 Å². The second-order valence-corrected chi connectivity index (χ2v) is 4.47. The number of nitriles is 1. The Morgan fingerprint density at radius 2 is 2.18 bits per heavy atom. The van der Waals surface area contributed by atoms with E-state index in [0.29, 0.717) is 11.3 Å². The lowest BCUT2D eigenvalue weighted by atomic mass is 9.93. The quantitative estimate of drug-likeness (QED) is 0.852. The van der Waals surface area contributed by atoms with Gasteiger partial charge in [0.15, 0.2) is 0 Å². The van der Waals surface area contributed by atoms with E-state index in [1.165, 1.54) is 0 Å². The molecule has 1 aromatic heterocycles. The van der Waals surface area contributed by atoms with E-state index < -0.39 is 0 Å². The minimum atomic E-state index is -0.329. The predicted molar refractivity (Wildman–Crippen MR) is 66.2 cm³/mol. The number of hydrogen-bond acceptors (Lipinski definition) is 3. The van der Waals surface area contributed by atoms with Gasteiger partial charge in [-0.2, -0.15) is 10.4 Å². The molecule has 0 fully saturated rings. The summed E-state index contributed by atoms with van der Waals surface area (Å²) >= 11 is 0. The summed E-state index contributed by atoms with van der Waals surface area (Å²) < 4.78 is 1.80. The van der Waals surface area contributed by atoms with E-state index >= 15 is 0 Å². The summed E-state index contributed by atoms with van der Waals surface area (Å²) in [6.45, 7) is 4.08. The van der Waals surface area contributed by atoms with Crippen molar-refractivity contribution in [2.45, 2.75) is 19.4 Å². The number of aromatic nitrogens is 2. The summed E-state index contributed by atoms with van der Waals surface area (Å²) in [5.41, 5.74) is 7.65. The van der Waals surface area contributed by atoms with Gasteiger partial charge in [0, 0.05) is 6.20 Å². The first-order chi connectivity index (χ1) is 8.04. The largest absolute Gasteiger partial charge is 0.396 e. The molecule has 2 rings (SSSR count). The van der Waals surface area contributed by atoms with E-state index in [2.05, 4.69) is 11.2 Å². The average Bonchev–Trinajstić information content (AvgIpc) is 2.76. The third-order valence-electron chi connectivity index (χ3n) is 2.87. The molecule has 0 aliphatic rings. The van der Waals surface area contributed by atoms with Crippen LogP contribution in [0.3, 0.4) is 0 Å². The van der Waals surface area contributed by atoms with Crippen LogP contribution in [0, 0.1) is 11.3 Å². The van der Waals surface area contributed by atoms with E-state index in [1.807, 2.05) is 32.0 Å². The summed E-state index contributed by atoms with van der Waals surface area (Å²) in [5.74, 6) is 0. The Balaban J connectivity index is 2.47. The molecule has 1 aromatic carbocycles. The number of nitrogen functional groups attached to an aromatic ring is 1. The molecule has 0 aliphatic heterocycles. The molecule has 0 aliphatic carbocycles. The Bertz CT molecular complexity index is 575. The van der Waals surface area contributed by atoms with Gasteiger partial charge < -0.3 is 5.73 Å². The lowest BCUT2D eigenvalue weighted by molar-refractivity contribution is 0.390. The first-order valence-corrected chi connectivity index (χ1v) is 5.35. The van der Waals surface area contributed by atoms with Crippen LogP contribution in [-0.2, 0) is 5.54 Å². The summed E-state index contributed by atoms with van der Waals surface area (Å²) in [5, 5.41) is 13.1. The zero-order valence-corrected chi connectivity index (χ0v) is 9.88. The van der Waals surface area contributed by atoms with Crippen molar-refractivity contribution in [2.75, 3.05) is 5.73 Å². The molecule has 0 saturated carbocycles. The van der Waals surface area contributed by atoms with E-state index in [-0.39, 0.29) is 5.54 Å². The van der Waals surface area contributed by atoms with Crippen LogP contribution in [-0.4, -0.2) is 9.78 Å². The fraction of sp³-hybridized carbons (Fsp3) is 0.231. The lowest BCUT2D eigenvalue weighted by Gasteiger charge is -2.26. The number of anilines is 1. The van der Waals surface area contributed by atoms with Crippen LogP contribution < -0.4 is 5.73 Å². The van der Waals surface area contributed by atoms with Gasteiger partial charge in [-0.3, -0.25) is 4.68 Å². The number of nitrogens with two attached hydrogens (primary N) is 1. The fourth-order valence-corrected chi connectivity index (χ4v) is 1.74. The highest BCUT2D eigenvalue weighted by Gasteiger charge is 2.23. The van der Waals surface area contributed by atoms with Crippen molar-refractivity contribution in [2.24, 2.45) is 0 Å². The highest BCUT2D eigenvalue weighted by molar-refractivity contribution is 5.37. The second kappa shape index (κ2) is 3.95. The summed E-state index contributed by atoms with van der Waals surface area (Å²) in [4.78, 5) is 0. The summed E-state index contributed by atoms with van der Waals surface area (Å²) in [6.07, 6.45) is 3.41. The van der Waals surface area contributed by atoms with Gasteiger partial charge in [0.2, 0.25) is 0 Å². The third-order valence-corrected chi connectivity index (χ3v) is 2.87. The predicted octanol–water partition coefficient (Wildman–Crippen LogP) is 2.12. The molecular formula is C13H14N4. The van der Waals surface area contributed by atoms with E-state index in [9.17, 15) is 0 Å². The van der Waals surface area contributed by atoms with Gasteiger partial charge in [0.05, 0.1) is 29.1 Å². The summed E-state index contributed by atoms with van der Waals surface area (Å²) in [7, 11) is 0. The molecule has 86 valence electrons. The molecule has 0 bridgehead atoms. The number of rotatable bonds is 2. The first-order valence-electron chi connectivity index (χ1n) is 5.35. The maximum absolute atomic E-state index is 8.91. The topological polar surface area (TPSA) is 67.6 Å². The van der Waals surface area contributed by atoms with Gasteiger partial charge in [-0.05, 0) is 31.5 Å². The minimum absolute atomic E-state index is 0.329. The highest BCUT2D eigenvalue weighted by Crippen LogP contribution is 2.25. The van der Waals surface area contributed by atoms with E-state index in [4.69, 9.17) is 11.0 Å². The number of benzene rings is 1. The highest BCUT2D eigenvalue weighted by atomic mass is 15.3. The van der Waals surface area contributed by atoms with Crippen molar-refractivity contribution in [1.29, 1.82) is 5.26 Å². The fourth-order valence-electron chi connectivity index (χ4n) is 1.74. The SMILES string of the molecule is CC(C)(c1cccc(C#N)c1)n1cc(N)cn1. The molecule has 4 nitrogen and oxygen atoms in total. The Morgan fingerprint density at radius 3 is 2.76 bits per heavy atom. The van der Waals surface area contributed by atoms with Crippen molar-refractivity contribution in [3.8, 4) is 6.07 Å². The minimum Gasteiger partial charge on any atom is -0.396 e. The molecule has 0 amide bonds. The average molecular weight is 226 g/mol. The zero-order valence-electron chi connectivity index (χ0n) is 9.88. The summed E-state index contributed by atoms with van der Waals surface area (Å²) in [6, 6.07) is 9.67. The number of nitrogens with zero attached hydrogens (tertiary/aromatic N) is 3. The molecule has 1 heterocycles. The maximum atomic E-state index is 8.91. The van der Waals surface area contributed by atoms with Gasteiger partial charge in [0.1, 0.15) is 0 Å². The molecule has 2 aromatic rings. The van der Waals surface area contributed by atoms with Crippen LogP contribution in [0.15, 0.2) is 36.7 Å². The molecule has 2 N–H and O–H groups in total. The molecule has 4 heteroatoms.